The average molecular weight is 239 g/mol. The van der Waals surface area contributed by atoms with Crippen molar-refractivity contribution in [2.75, 3.05) is 5.32 Å². The van der Waals surface area contributed by atoms with Crippen molar-refractivity contribution < 1.29 is 0 Å². The van der Waals surface area contributed by atoms with Gasteiger partial charge in [-0.15, -0.1) is 0 Å². The SMILES string of the molecule is CCc1cc(Nc2ncc3ccccc3n2)n[nH]1. The number of aromatic amines is 1. The number of nitrogens with one attached hydrogen (secondary N) is 2. The lowest BCUT2D eigenvalue weighted by molar-refractivity contribution is 0.975. The van der Waals surface area contributed by atoms with Gasteiger partial charge in [0, 0.05) is 23.3 Å². The van der Waals surface area contributed by atoms with Crippen LogP contribution in [0, 0.1) is 0 Å². The van der Waals surface area contributed by atoms with Crippen molar-refractivity contribution in [2.24, 2.45) is 0 Å². The summed E-state index contributed by atoms with van der Waals surface area (Å²) in [6.45, 7) is 2.07. The molecule has 90 valence electrons. The van der Waals surface area contributed by atoms with E-state index in [9.17, 15) is 0 Å². The van der Waals surface area contributed by atoms with E-state index in [2.05, 4.69) is 32.4 Å². The Kier molecular flexibility index (Phi) is 2.64. The molecule has 0 aliphatic carbocycles. The molecule has 0 amide bonds. The summed E-state index contributed by atoms with van der Waals surface area (Å²) in [5.74, 6) is 1.30. The molecular formula is C13H13N5. The van der Waals surface area contributed by atoms with E-state index < -0.39 is 0 Å². The van der Waals surface area contributed by atoms with Gasteiger partial charge in [0.05, 0.1) is 5.52 Å². The van der Waals surface area contributed by atoms with Crippen LogP contribution in [0.5, 0.6) is 0 Å². The molecule has 5 heteroatoms. The molecular weight excluding hydrogens is 226 g/mol. The van der Waals surface area contributed by atoms with Crippen molar-refractivity contribution in [2.45, 2.75) is 13.3 Å². The van der Waals surface area contributed by atoms with E-state index in [1.807, 2.05) is 30.3 Å². The maximum Gasteiger partial charge on any atom is 0.228 e. The molecule has 0 radical (unpaired) electrons. The van der Waals surface area contributed by atoms with E-state index >= 15 is 0 Å². The van der Waals surface area contributed by atoms with Gasteiger partial charge < -0.3 is 5.32 Å². The van der Waals surface area contributed by atoms with Crippen molar-refractivity contribution >= 4 is 22.7 Å². The van der Waals surface area contributed by atoms with Crippen LogP contribution in [0.25, 0.3) is 10.9 Å². The van der Waals surface area contributed by atoms with Crippen LogP contribution in [0.3, 0.4) is 0 Å². The van der Waals surface area contributed by atoms with E-state index in [1.165, 1.54) is 0 Å². The molecule has 0 spiro atoms. The number of anilines is 2. The zero-order valence-electron chi connectivity index (χ0n) is 10.0. The van der Waals surface area contributed by atoms with Crippen LogP contribution in [-0.4, -0.2) is 20.2 Å². The molecule has 2 aromatic heterocycles. The molecule has 0 aliphatic rings. The molecule has 3 aromatic rings. The first-order chi connectivity index (χ1) is 8.85. The minimum atomic E-state index is 0.558. The molecule has 0 bridgehead atoms. The first kappa shape index (κ1) is 10.7. The van der Waals surface area contributed by atoms with E-state index in [0.29, 0.717) is 5.95 Å². The summed E-state index contributed by atoms with van der Waals surface area (Å²) < 4.78 is 0. The highest BCUT2D eigenvalue weighted by Crippen LogP contribution is 2.15. The van der Waals surface area contributed by atoms with Crippen LogP contribution in [0.15, 0.2) is 36.5 Å². The van der Waals surface area contributed by atoms with Gasteiger partial charge in [-0.05, 0) is 12.5 Å². The molecule has 2 N–H and O–H groups in total. The Morgan fingerprint density at radius 1 is 1.28 bits per heavy atom. The normalized spacial score (nSPS) is 10.7. The largest absolute Gasteiger partial charge is 0.307 e. The van der Waals surface area contributed by atoms with E-state index in [4.69, 9.17) is 0 Å². The molecule has 3 rings (SSSR count). The summed E-state index contributed by atoms with van der Waals surface area (Å²) in [4.78, 5) is 8.69. The number of hydrogen-bond acceptors (Lipinski definition) is 4. The second-order valence-electron chi connectivity index (χ2n) is 4.01. The number of benzene rings is 1. The Bertz CT molecular complexity index is 674. The second kappa shape index (κ2) is 4.44. The zero-order valence-corrected chi connectivity index (χ0v) is 10.0. The van der Waals surface area contributed by atoms with Crippen LogP contribution in [0.1, 0.15) is 12.6 Å². The highest BCUT2D eigenvalue weighted by Gasteiger charge is 2.03. The molecule has 0 saturated carbocycles. The average Bonchev–Trinajstić information content (AvgIpc) is 2.86. The summed E-state index contributed by atoms with van der Waals surface area (Å²) in [6, 6.07) is 9.84. The smallest absolute Gasteiger partial charge is 0.228 e. The first-order valence-electron chi connectivity index (χ1n) is 5.88. The van der Waals surface area contributed by atoms with Crippen molar-refractivity contribution in [3.05, 3.63) is 42.2 Å². The van der Waals surface area contributed by atoms with Gasteiger partial charge in [-0.3, -0.25) is 5.10 Å². The number of H-pyrrole nitrogens is 1. The Hall–Kier alpha value is -2.43. The predicted molar refractivity (Wildman–Crippen MR) is 70.8 cm³/mol. The molecule has 0 unspecified atom stereocenters. The van der Waals surface area contributed by atoms with Crippen LogP contribution in [-0.2, 0) is 6.42 Å². The Morgan fingerprint density at radius 2 is 2.17 bits per heavy atom. The lowest BCUT2D eigenvalue weighted by atomic mass is 10.2. The summed E-state index contributed by atoms with van der Waals surface area (Å²) >= 11 is 0. The molecule has 5 nitrogen and oxygen atoms in total. The number of rotatable bonds is 3. The number of aromatic nitrogens is 4. The molecule has 18 heavy (non-hydrogen) atoms. The molecule has 0 atom stereocenters. The Balaban J connectivity index is 1.90. The molecule has 0 saturated heterocycles. The lowest BCUT2D eigenvalue weighted by Gasteiger charge is -2.01. The maximum atomic E-state index is 4.43. The quantitative estimate of drug-likeness (QED) is 0.737. The minimum Gasteiger partial charge on any atom is -0.307 e. The van der Waals surface area contributed by atoms with Gasteiger partial charge in [0.2, 0.25) is 5.95 Å². The Morgan fingerprint density at radius 3 is 3.00 bits per heavy atom. The lowest BCUT2D eigenvalue weighted by Crippen LogP contribution is -1.97. The van der Waals surface area contributed by atoms with E-state index in [-0.39, 0.29) is 0 Å². The third-order valence-corrected chi connectivity index (χ3v) is 2.74. The summed E-state index contributed by atoms with van der Waals surface area (Å²) in [5, 5.41) is 11.2. The minimum absolute atomic E-state index is 0.558. The second-order valence-corrected chi connectivity index (χ2v) is 4.01. The molecule has 1 aromatic carbocycles. The van der Waals surface area contributed by atoms with Crippen LogP contribution in [0.2, 0.25) is 0 Å². The zero-order chi connectivity index (χ0) is 12.4. The third kappa shape index (κ3) is 2.02. The van der Waals surface area contributed by atoms with Gasteiger partial charge in [-0.2, -0.15) is 5.10 Å². The number of nitrogens with zero attached hydrogens (tertiary/aromatic N) is 3. The van der Waals surface area contributed by atoms with Crippen molar-refractivity contribution in [3.63, 3.8) is 0 Å². The monoisotopic (exact) mass is 239 g/mol. The van der Waals surface area contributed by atoms with Gasteiger partial charge in [-0.25, -0.2) is 9.97 Å². The third-order valence-electron chi connectivity index (χ3n) is 2.74. The van der Waals surface area contributed by atoms with Crippen molar-refractivity contribution in [3.8, 4) is 0 Å². The van der Waals surface area contributed by atoms with Gasteiger partial charge in [0.25, 0.3) is 0 Å². The summed E-state index contributed by atoms with van der Waals surface area (Å²) in [6.07, 6.45) is 2.73. The van der Waals surface area contributed by atoms with Gasteiger partial charge in [-0.1, -0.05) is 25.1 Å². The number of para-hydroxylation sites is 1. The van der Waals surface area contributed by atoms with Gasteiger partial charge in [0.15, 0.2) is 5.82 Å². The topological polar surface area (TPSA) is 66.5 Å². The van der Waals surface area contributed by atoms with Crippen LogP contribution in [0.4, 0.5) is 11.8 Å². The highest BCUT2D eigenvalue weighted by molar-refractivity contribution is 5.78. The summed E-state index contributed by atoms with van der Waals surface area (Å²) in [5.41, 5.74) is 2.00. The molecule has 0 aliphatic heterocycles. The first-order valence-corrected chi connectivity index (χ1v) is 5.88. The fraction of sp³-hybridized carbons (Fsp3) is 0.154. The van der Waals surface area contributed by atoms with E-state index in [0.717, 1.165) is 28.8 Å². The number of fused-ring (bicyclic) bond motifs is 1. The predicted octanol–water partition coefficient (Wildman–Crippen LogP) is 2.66. The Labute approximate surface area is 104 Å². The standard InChI is InChI=1S/C13H13N5/c1-2-10-7-12(18-17-10)16-13-14-8-9-5-3-4-6-11(9)15-13/h3-8H,2H2,1H3,(H2,14,15,16,17,18). The number of hydrogen-bond donors (Lipinski definition) is 2. The fourth-order valence-electron chi connectivity index (χ4n) is 1.75. The van der Waals surface area contributed by atoms with Crippen molar-refractivity contribution in [1.29, 1.82) is 0 Å². The van der Waals surface area contributed by atoms with Crippen LogP contribution >= 0.6 is 0 Å². The van der Waals surface area contributed by atoms with Gasteiger partial charge in [0.1, 0.15) is 0 Å². The molecule has 0 fully saturated rings. The molecule has 2 heterocycles. The number of aryl methyl sites for hydroxylation is 1. The van der Waals surface area contributed by atoms with Crippen LogP contribution < -0.4 is 5.32 Å². The maximum absolute atomic E-state index is 4.43. The van der Waals surface area contributed by atoms with E-state index in [1.54, 1.807) is 6.20 Å². The van der Waals surface area contributed by atoms with Gasteiger partial charge >= 0.3 is 0 Å². The highest BCUT2D eigenvalue weighted by atomic mass is 15.2. The summed E-state index contributed by atoms with van der Waals surface area (Å²) in [7, 11) is 0. The fourth-order valence-corrected chi connectivity index (χ4v) is 1.75. The van der Waals surface area contributed by atoms with Crippen molar-refractivity contribution in [1.82, 2.24) is 20.2 Å².